The Labute approximate surface area is 300 Å². The minimum absolute atomic E-state index is 1.12. The highest BCUT2D eigenvalue weighted by Crippen LogP contribution is 2.46. The molecule has 0 radical (unpaired) electrons. The first-order valence-electron chi connectivity index (χ1n) is 17.4. The molecule has 0 N–H and O–H groups in total. The second-order valence-corrected chi connectivity index (χ2v) is 14.0. The number of hydrogen-bond acceptors (Lipinski definition) is 2. The van der Waals surface area contributed by atoms with Crippen molar-refractivity contribution < 1.29 is 0 Å². The molecule has 2 aromatic heterocycles. The number of anilines is 3. The maximum atomic E-state index is 2.44. The molecule has 0 unspecified atom stereocenters. The summed E-state index contributed by atoms with van der Waals surface area (Å²) in [5.41, 5.74) is 11.8. The third-order valence-electron chi connectivity index (χ3n) is 10.0. The van der Waals surface area contributed by atoms with Crippen LogP contribution in [0.1, 0.15) is 0 Å². The number of fused-ring (bicyclic) bond motifs is 6. The normalized spacial score (nSPS) is 11.5. The number of nitrogens with zero attached hydrogens (tertiary/aromatic N) is 2. The van der Waals surface area contributed by atoms with Crippen LogP contribution in [0.3, 0.4) is 0 Å². The summed E-state index contributed by atoms with van der Waals surface area (Å²) in [6.45, 7) is 0. The molecule has 0 atom stereocenters. The molecule has 2 heterocycles. The predicted molar refractivity (Wildman–Crippen MR) is 219 cm³/mol. The summed E-state index contributed by atoms with van der Waals surface area (Å²) in [6.07, 6.45) is 0. The predicted octanol–water partition coefficient (Wildman–Crippen LogP) is 14.0. The van der Waals surface area contributed by atoms with Crippen LogP contribution in [0.15, 0.2) is 194 Å². The molecule has 0 bridgehead atoms. The first kappa shape index (κ1) is 29.5. The quantitative estimate of drug-likeness (QED) is 0.171. The first-order chi connectivity index (χ1) is 25.3. The van der Waals surface area contributed by atoms with Gasteiger partial charge in [-0.15, -0.1) is 11.3 Å². The molecule has 0 aliphatic heterocycles. The third-order valence-corrected chi connectivity index (χ3v) is 11.2. The smallest absolute Gasteiger partial charge is 0.0640 e. The van der Waals surface area contributed by atoms with E-state index in [1.54, 1.807) is 0 Å². The lowest BCUT2D eigenvalue weighted by Crippen LogP contribution is -2.10. The Bertz CT molecular complexity index is 2830. The van der Waals surface area contributed by atoms with Crippen molar-refractivity contribution in [2.24, 2.45) is 0 Å². The van der Waals surface area contributed by atoms with Crippen LogP contribution >= 0.6 is 11.3 Å². The molecule has 10 aromatic rings. The standard InChI is InChI=1S/C48H32N2S/c1-3-12-33(13-4-1)35-22-26-37(27-23-35)49(46-20-11-18-42-41-17-8-10-21-47(41)51-48(42)46)39-30-31-45-43(32-39)40-16-7-9-19-44(40)50(45)38-28-24-36(25-29-38)34-14-5-2-6-15-34/h1-32H. The minimum Gasteiger partial charge on any atom is -0.309 e. The van der Waals surface area contributed by atoms with Gasteiger partial charge in [-0.05, 0) is 82.9 Å². The van der Waals surface area contributed by atoms with Crippen LogP contribution in [0.5, 0.6) is 0 Å². The molecule has 3 heteroatoms. The second-order valence-electron chi connectivity index (χ2n) is 13.0. The van der Waals surface area contributed by atoms with Crippen LogP contribution in [-0.4, -0.2) is 4.57 Å². The molecule has 0 spiro atoms. The monoisotopic (exact) mass is 668 g/mol. The summed E-state index contributed by atoms with van der Waals surface area (Å²) >= 11 is 1.87. The Balaban J connectivity index is 1.16. The molecule has 0 saturated heterocycles. The second kappa shape index (κ2) is 12.2. The van der Waals surface area contributed by atoms with Gasteiger partial charge in [-0.3, -0.25) is 0 Å². The molecule has 2 nitrogen and oxygen atoms in total. The van der Waals surface area contributed by atoms with E-state index in [2.05, 4.69) is 204 Å². The zero-order chi connectivity index (χ0) is 33.7. The van der Waals surface area contributed by atoms with Crippen LogP contribution in [-0.2, 0) is 0 Å². The summed E-state index contributed by atoms with van der Waals surface area (Å²) in [5.74, 6) is 0. The maximum Gasteiger partial charge on any atom is 0.0640 e. The van der Waals surface area contributed by atoms with E-state index in [1.807, 2.05) is 11.3 Å². The summed E-state index contributed by atoms with van der Waals surface area (Å²) in [7, 11) is 0. The Kier molecular flexibility index (Phi) is 7.04. The van der Waals surface area contributed by atoms with Crippen LogP contribution in [0, 0.1) is 0 Å². The van der Waals surface area contributed by atoms with Crippen LogP contribution < -0.4 is 4.90 Å². The lowest BCUT2D eigenvalue weighted by molar-refractivity contribution is 1.18. The Morgan fingerprint density at radius 2 is 0.922 bits per heavy atom. The Morgan fingerprint density at radius 1 is 0.373 bits per heavy atom. The van der Waals surface area contributed by atoms with Crippen molar-refractivity contribution >= 4 is 70.4 Å². The van der Waals surface area contributed by atoms with E-state index in [9.17, 15) is 0 Å². The van der Waals surface area contributed by atoms with Gasteiger partial charge in [-0.2, -0.15) is 0 Å². The maximum absolute atomic E-state index is 2.44. The number of benzene rings is 8. The van der Waals surface area contributed by atoms with Crippen LogP contribution in [0.4, 0.5) is 17.1 Å². The van der Waals surface area contributed by atoms with Gasteiger partial charge in [0.25, 0.3) is 0 Å². The summed E-state index contributed by atoms with van der Waals surface area (Å²) in [5, 5.41) is 5.05. The van der Waals surface area contributed by atoms with Crippen molar-refractivity contribution in [3.8, 4) is 27.9 Å². The highest BCUT2D eigenvalue weighted by atomic mass is 32.1. The lowest BCUT2D eigenvalue weighted by atomic mass is 10.0. The number of aromatic nitrogens is 1. The van der Waals surface area contributed by atoms with Crippen molar-refractivity contribution in [3.05, 3.63) is 194 Å². The number of hydrogen-bond donors (Lipinski definition) is 0. The zero-order valence-electron chi connectivity index (χ0n) is 27.8. The molecule has 0 aliphatic carbocycles. The molecule has 8 aromatic carbocycles. The molecular formula is C48H32N2S. The SMILES string of the molecule is c1ccc(-c2ccc(N(c3ccc4c(c3)c3ccccc3n4-c3ccc(-c4ccccc4)cc3)c3cccc4c3sc3ccccc34)cc2)cc1. The van der Waals surface area contributed by atoms with E-state index in [-0.39, 0.29) is 0 Å². The number of thiophene rings is 1. The van der Waals surface area contributed by atoms with E-state index in [4.69, 9.17) is 0 Å². The van der Waals surface area contributed by atoms with Crippen molar-refractivity contribution in [1.82, 2.24) is 4.57 Å². The third kappa shape index (κ3) is 5.01. The molecule has 10 rings (SSSR count). The minimum atomic E-state index is 1.12. The van der Waals surface area contributed by atoms with Crippen molar-refractivity contribution in [2.75, 3.05) is 4.90 Å². The van der Waals surface area contributed by atoms with Gasteiger partial charge in [-0.25, -0.2) is 0 Å². The van der Waals surface area contributed by atoms with Crippen molar-refractivity contribution in [2.45, 2.75) is 0 Å². The van der Waals surface area contributed by atoms with Gasteiger partial charge >= 0.3 is 0 Å². The highest BCUT2D eigenvalue weighted by Gasteiger charge is 2.20. The summed E-state index contributed by atoms with van der Waals surface area (Å²) < 4.78 is 4.98. The van der Waals surface area contributed by atoms with Crippen LogP contribution in [0.2, 0.25) is 0 Å². The number of rotatable bonds is 6. The molecular weight excluding hydrogens is 637 g/mol. The summed E-state index contributed by atoms with van der Waals surface area (Å²) in [4.78, 5) is 2.44. The Hall–Kier alpha value is -6.42. The van der Waals surface area contributed by atoms with E-state index < -0.39 is 0 Å². The van der Waals surface area contributed by atoms with Gasteiger partial charge in [0.05, 0.1) is 21.4 Å². The highest BCUT2D eigenvalue weighted by molar-refractivity contribution is 7.26. The van der Waals surface area contributed by atoms with E-state index in [0.29, 0.717) is 0 Å². The fourth-order valence-electron chi connectivity index (χ4n) is 7.58. The molecule has 0 amide bonds. The van der Waals surface area contributed by atoms with E-state index in [1.165, 1.54) is 69.9 Å². The van der Waals surface area contributed by atoms with Crippen molar-refractivity contribution in [1.29, 1.82) is 0 Å². The summed E-state index contributed by atoms with van der Waals surface area (Å²) in [6, 6.07) is 70.3. The average molecular weight is 669 g/mol. The van der Waals surface area contributed by atoms with Gasteiger partial charge < -0.3 is 9.47 Å². The molecule has 51 heavy (non-hydrogen) atoms. The van der Waals surface area contributed by atoms with Gasteiger partial charge in [0.1, 0.15) is 0 Å². The average Bonchev–Trinajstić information content (AvgIpc) is 3.75. The van der Waals surface area contributed by atoms with Gasteiger partial charge in [0.2, 0.25) is 0 Å². The van der Waals surface area contributed by atoms with Gasteiger partial charge in [0.15, 0.2) is 0 Å². The van der Waals surface area contributed by atoms with Gasteiger partial charge in [-0.1, -0.05) is 133 Å². The fourth-order valence-corrected chi connectivity index (χ4v) is 8.79. The van der Waals surface area contributed by atoms with Crippen LogP contribution in [0.25, 0.3) is 69.9 Å². The number of para-hydroxylation sites is 1. The first-order valence-corrected chi connectivity index (χ1v) is 18.2. The van der Waals surface area contributed by atoms with Gasteiger partial charge in [0, 0.05) is 43.3 Å². The fraction of sp³-hybridized carbons (Fsp3) is 0. The molecule has 0 aliphatic rings. The Morgan fingerprint density at radius 3 is 1.65 bits per heavy atom. The molecule has 0 saturated carbocycles. The topological polar surface area (TPSA) is 8.17 Å². The van der Waals surface area contributed by atoms with Crippen molar-refractivity contribution in [3.63, 3.8) is 0 Å². The molecule has 0 fully saturated rings. The van der Waals surface area contributed by atoms with E-state index in [0.717, 1.165) is 17.1 Å². The van der Waals surface area contributed by atoms with E-state index >= 15 is 0 Å². The lowest BCUT2D eigenvalue weighted by Gasteiger charge is -2.26. The largest absolute Gasteiger partial charge is 0.309 e. The zero-order valence-corrected chi connectivity index (χ0v) is 28.6. The molecule has 240 valence electrons.